The molecule has 0 fully saturated rings. The highest BCUT2D eigenvalue weighted by molar-refractivity contribution is 9.10. The predicted molar refractivity (Wildman–Crippen MR) is 73.2 cm³/mol. The second-order valence-electron chi connectivity index (χ2n) is 3.72. The lowest BCUT2D eigenvalue weighted by molar-refractivity contribution is 0.586. The molecule has 0 bridgehead atoms. The Hall–Kier alpha value is -1.40. The first kappa shape index (κ1) is 14.0. The first-order valence-corrected chi connectivity index (χ1v) is 6.21. The molecule has 0 amide bonds. The quantitative estimate of drug-likeness (QED) is 0.759. The van der Waals surface area contributed by atoms with Gasteiger partial charge in [-0.1, -0.05) is 11.6 Å². The van der Waals surface area contributed by atoms with Crippen molar-refractivity contribution in [3.05, 3.63) is 51.2 Å². The average Bonchev–Trinajstić information content (AvgIpc) is 2.29. The van der Waals surface area contributed by atoms with E-state index >= 15 is 0 Å². The SMILES string of the molecule is Nc1cc(Br)c(F)cc1Nc1c(F)cc(F)cc1Cl. The van der Waals surface area contributed by atoms with Gasteiger partial charge in [-0.3, -0.25) is 0 Å². The summed E-state index contributed by atoms with van der Waals surface area (Å²) in [5.41, 5.74) is 5.82. The number of rotatable bonds is 2. The summed E-state index contributed by atoms with van der Waals surface area (Å²) in [5.74, 6) is -2.27. The molecule has 0 atom stereocenters. The van der Waals surface area contributed by atoms with Crippen molar-refractivity contribution in [2.24, 2.45) is 0 Å². The van der Waals surface area contributed by atoms with E-state index in [0.717, 1.165) is 12.1 Å². The zero-order chi connectivity index (χ0) is 14.2. The monoisotopic (exact) mass is 350 g/mol. The van der Waals surface area contributed by atoms with Gasteiger partial charge in [-0.15, -0.1) is 0 Å². The molecule has 2 nitrogen and oxygen atoms in total. The minimum absolute atomic E-state index is 0.133. The van der Waals surface area contributed by atoms with Crippen molar-refractivity contribution in [1.82, 2.24) is 0 Å². The van der Waals surface area contributed by atoms with E-state index in [-0.39, 0.29) is 26.6 Å². The predicted octanol–water partition coefficient (Wildman–Crippen LogP) is 4.85. The van der Waals surface area contributed by atoms with E-state index in [1.807, 2.05) is 0 Å². The normalized spacial score (nSPS) is 10.6. The van der Waals surface area contributed by atoms with Crippen molar-refractivity contribution in [2.45, 2.75) is 0 Å². The molecule has 0 saturated carbocycles. The summed E-state index contributed by atoms with van der Waals surface area (Å²) in [6.45, 7) is 0. The molecule has 100 valence electrons. The molecular formula is C12H7BrClF3N2. The first-order valence-electron chi connectivity index (χ1n) is 5.04. The third kappa shape index (κ3) is 2.96. The number of hydrogen-bond donors (Lipinski definition) is 2. The van der Waals surface area contributed by atoms with Crippen LogP contribution in [0.25, 0.3) is 0 Å². The maximum absolute atomic E-state index is 13.6. The van der Waals surface area contributed by atoms with E-state index in [2.05, 4.69) is 21.2 Å². The van der Waals surface area contributed by atoms with Crippen LogP contribution in [0.15, 0.2) is 28.7 Å². The fourth-order valence-corrected chi connectivity index (χ4v) is 2.07. The number of nitrogens with two attached hydrogens (primary N) is 1. The summed E-state index contributed by atoms with van der Waals surface area (Å²) >= 11 is 8.69. The van der Waals surface area contributed by atoms with E-state index in [9.17, 15) is 13.2 Å². The fraction of sp³-hybridized carbons (Fsp3) is 0. The van der Waals surface area contributed by atoms with Crippen molar-refractivity contribution in [3.8, 4) is 0 Å². The zero-order valence-corrected chi connectivity index (χ0v) is 11.6. The Labute approximate surface area is 120 Å². The van der Waals surface area contributed by atoms with Crippen LogP contribution in [-0.2, 0) is 0 Å². The highest BCUT2D eigenvalue weighted by Gasteiger charge is 2.13. The van der Waals surface area contributed by atoms with Gasteiger partial charge < -0.3 is 11.1 Å². The Bertz CT molecular complexity index is 626. The van der Waals surface area contributed by atoms with Crippen LogP contribution in [-0.4, -0.2) is 0 Å². The van der Waals surface area contributed by atoms with Crippen LogP contribution < -0.4 is 11.1 Å². The van der Waals surface area contributed by atoms with Crippen LogP contribution in [0.4, 0.5) is 30.2 Å². The molecule has 0 unspecified atom stereocenters. The van der Waals surface area contributed by atoms with Crippen LogP contribution >= 0.6 is 27.5 Å². The van der Waals surface area contributed by atoms with Crippen LogP contribution in [0.2, 0.25) is 5.02 Å². The van der Waals surface area contributed by atoms with Gasteiger partial charge in [0.15, 0.2) is 5.82 Å². The molecule has 0 aliphatic heterocycles. The van der Waals surface area contributed by atoms with Gasteiger partial charge in [0.2, 0.25) is 0 Å². The Morgan fingerprint density at radius 2 is 1.74 bits per heavy atom. The lowest BCUT2D eigenvalue weighted by atomic mass is 10.2. The third-order valence-corrected chi connectivity index (χ3v) is 3.26. The van der Waals surface area contributed by atoms with Gasteiger partial charge in [-0.25, -0.2) is 13.2 Å². The van der Waals surface area contributed by atoms with Crippen molar-refractivity contribution >= 4 is 44.6 Å². The number of halogens is 5. The van der Waals surface area contributed by atoms with E-state index < -0.39 is 17.5 Å². The molecule has 19 heavy (non-hydrogen) atoms. The van der Waals surface area contributed by atoms with Gasteiger partial charge in [0, 0.05) is 12.1 Å². The molecule has 7 heteroatoms. The summed E-state index contributed by atoms with van der Waals surface area (Å²) in [6.07, 6.45) is 0. The van der Waals surface area contributed by atoms with Gasteiger partial charge in [0.1, 0.15) is 11.6 Å². The van der Waals surface area contributed by atoms with Gasteiger partial charge in [0.05, 0.1) is 26.6 Å². The first-order chi connectivity index (χ1) is 8.88. The third-order valence-electron chi connectivity index (χ3n) is 2.36. The molecule has 0 aromatic heterocycles. The lowest BCUT2D eigenvalue weighted by Gasteiger charge is -2.12. The Kier molecular flexibility index (Phi) is 3.91. The smallest absolute Gasteiger partial charge is 0.151 e. The number of nitrogen functional groups attached to an aromatic ring is 1. The summed E-state index contributed by atoms with van der Waals surface area (Å²) in [6, 6.07) is 4.02. The molecule has 0 heterocycles. The Balaban J connectivity index is 2.45. The van der Waals surface area contributed by atoms with E-state index in [1.165, 1.54) is 6.07 Å². The van der Waals surface area contributed by atoms with Gasteiger partial charge in [0.25, 0.3) is 0 Å². The molecule has 0 aliphatic carbocycles. The fourth-order valence-electron chi connectivity index (χ4n) is 1.47. The van der Waals surface area contributed by atoms with Crippen molar-refractivity contribution in [3.63, 3.8) is 0 Å². The standard InChI is InChI=1S/C12H7BrClF3N2/c13-6-3-10(18)11(4-8(6)16)19-12-7(14)1-5(15)2-9(12)17/h1-4,19H,18H2. The van der Waals surface area contributed by atoms with Gasteiger partial charge in [-0.05, 0) is 28.1 Å². The van der Waals surface area contributed by atoms with E-state index in [1.54, 1.807) is 0 Å². The van der Waals surface area contributed by atoms with Crippen LogP contribution in [0.5, 0.6) is 0 Å². The van der Waals surface area contributed by atoms with Crippen LogP contribution in [0.1, 0.15) is 0 Å². The maximum Gasteiger partial charge on any atom is 0.151 e. The maximum atomic E-state index is 13.6. The largest absolute Gasteiger partial charge is 0.397 e. The molecule has 2 aromatic rings. The Morgan fingerprint density at radius 3 is 2.37 bits per heavy atom. The van der Waals surface area contributed by atoms with E-state index in [4.69, 9.17) is 17.3 Å². The minimum atomic E-state index is -0.896. The van der Waals surface area contributed by atoms with Crippen LogP contribution in [0.3, 0.4) is 0 Å². The summed E-state index contributed by atoms with van der Waals surface area (Å²) in [5, 5.41) is 2.38. The molecule has 0 saturated heterocycles. The van der Waals surface area contributed by atoms with Crippen LogP contribution in [0, 0.1) is 17.5 Å². The lowest BCUT2D eigenvalue weighted by Crippen LogP contribution is -2.00. The highest BCUT2D eigenvalue weighted by Crippen LogP contribution is 2.33. The molecule has 0 spiro atoms. The second-order valence-corrected chi connectivity index (χ2v) is 4.98. The van der Waals surface area contributed by atoms with Crippen molar-refractivity contribution in [2.75, 3.05) is 11.1 Å². The molecule has 0 radical (unpaired) electrons. The summed E-state index contributed by atoms with van der Waals surface area (Å²) in [4.78, 5) is 0. The van der Waals surface area contributed by atoms with Crippen molar-refractivity contribution in [1.29, 1.82) is 0 Å². The average molecular weight is 352 g/mol. The molecule has 0 aliphatic rings. The number of hydrogen-bond acceptors (Lipinski definition) is 2. The number of anilines is 3. The number of nitrogens with one attached hydrogen (secondary N) is 1. The highest BCUT2D eigenvalue weighted by atomic mass is 79.9. The molecule has 2 aromatic carbocycles. The van der Waals surface area contributed by atoms with Crippen molar-refractivity contribution < 1.29 is 13.2 Å². The molecule has 2 rings (SSSR count). The van der Waals surface area contributed by atoms with Gasteiger partial charge in [-0.2, -0.15) is 0 Å². The Morgan fingerprint density at radius 1 is 1.05 bits per heavy atom. The number of benzene rings is 2. The minimum Gasteiger partial charge on any atom is -0.397 e. The summed E-state index contributed by atoms with van der Waals surface area (Å²) in [7, 11) is 0. The van der Waals surface area contributed by atoms with Gasteiger partial charge >= 0.3 is 0 Å². The second kappa shape index (κ2) is 5.30. The topological polar surface area (TPSA) is 38.0 Å². The zero-order valence-electron chi connectivity index (χ0n) is 9.28. The molecule has 3 N–H and O–H groups in total. The molecular weight excluding hydrogens is 344 g/mol. The van der Waals surface area contributed by atoms with E-state index in [0.29, 0.717) is 6.07 Å². The summed E-state index contributed by atoms with van der Waals surface area (Å²) < 4.78 is 40.1.